The summed E-state index contributed by atoms with van der Waals surface area (Å²) in [5.74, 6) is 0.130. The molecule has 0 aromatic heterocycles. The number of nitrogens with one attached hydrogen (secondary N) is 1. The lowest BCUT2D eigenvalue weighted by Crippen LogP contribution is -2.31. The lowest BCUT2D eigenvalue weighted by molar-refractivity contribution is -0.106. The fourth-order valence-corrected chi connectivity index (χ4v) is 3.93. The van der Waals surface area contributed by atoms with Crippen molar-refractivity contribution < 1.29 is 18.3 Å². The summed E-state index contributed by atoms with van der Waals surface area (Å²) < 4.78 is 32.6. The van der Waals surface area contributed by atoms with E-state index in [0.29, 0.717) is 24.9 Å². The third-order valence-electron chi connectivity index (χ3n) is 6.19. The molecule has 1 N–H and O–H groups in total. The highest BCUT2D eigenvalue weighted by molar-refractivity contribution is 5.70. The first-order valence-electron chi connectivity index (χ1n) is 12.5. The van der Waals surface area contributed by atoms with Crippen LogP contribution in [0.25, 0.3) is 5.57 Å². The molecule has 2 aliphatic rings. The van der Waals surface area contributed by atoms with Crippen LogP contribution in [-0.4, -0.2) is 69.7 Å². The van der Waals surface area contributed by atoms with Crippen molar-refractivity contribution in [2.75, 3.05) is 47.6 Å². The zero-order valence-corrected chi connectivity index (χ0v) is 22.2. The molecule has 0 spiro atoms. The first-order chi connectivity index (χ1) is 17.3. The minimum atomic E-state index is -0.409. The summed E-state index contributed by atoms with van der Waals surface area (Å²) in [5, 5.41) is 3.38. The molecule has 2 aromatic carbocycles. The van der Waals surface area contributed by atoms with E-state index in [1.807, 2.05) is 43.5 Å². The van der Waals surface area contributed by atoms with Gasteiger partial charge in [-0.05, 0) is 83.1 Å². The van der Waals surface area contributed by atoms with Gasteiger partial charge in [0.2, 0.25) is 0 Å². The van der Waals surface area contributed by atoms with Gasteiger partial charge < -0.3 is 14.4 Å². The van der Waals surface area contributed by atoms with Gasteiger partial charge in [0.15, 0.2) is 0 Å². The Morgan fingerprint density at radius 2 is 1.83 bits per heavy atom. The molecule has 1 heterocycles. The summed E-state index contributed by atoms with van der Waals surface area (Å²) in [6.45, 7) is 6.81. The predicted octanol–water partition coefficient (Wildman–Crippen LogP) is 5.15. The van der Waals surface area contributed by atoms with Crippen molar-refractivity contribution >= 4 is 11.9 Å². The minimum Gasteiger partial charge on any atom is -0.365 e. The molecule has 1 fully saturated rings. The first kappa shape index (κ1) is 29.8. The van der Waals surface area contributed by atoms with E-state index in [4.69, 9.17) is 9.53 Å². The van der Waals surface area contributed by atoms with E-state index in [1.165, 1.54) is 31.9 Å². The van der Waals surface area contributed by atoms with Crippen LogP contribution in [0.1, 0.15) is 43.9 Å². The molecule has 0 radical (unpaired) electrons. The second kappa shape index (κ2) is 15.6. The van der Waals surface area contributed by atoms with Crippen molar-refractivity contribution in [3.63, 3.8) is 0 Å². The Morgan fingerprint density at radius 3 is 2.44 bits per heavy atom. The van der Waals surface area contributed by atoms with Crippen molar-refractivity contribution in [2.24, 2.45) is 5.92 Å². The van der Waals surface area contributed by atoms with Gasteiger partial charge in [-0.25, -0.2) is 8.78 Å². The molecule has 0 saturated heterocycles. The van der Waals surface area contributed by atoms with Crippen LogP contribution in [0.3, 0.4) is 0 Å². The molecule has 0 unspecified atom stereocenters. The predicted molar refractivity (Wildman–Crippen MR) is 143 cm³/mol. The molecule has 1 saturated carbocycles. The highest BCUT2D eigenvalue weighted by atomic mass is 19.1. The summed E-state index contributed by atoms with van der Waals surface area (Å²) in [5.41, 5.74) is 2.34. The van der Waals surface area contributed by atoms with Gasteiger partial charge in [-0.15, -0.1) is 0 Å². The van der Waals surface area contributed by atoms with Crippen molar-refractivity contribution in [3.05, 3.63) is 77.4 Å². The third-order valence-corrected chi connectivity index (χ3v) is 6.19. The average Bonchev–Trinajstić information content (AvgIpc) is 3.63. The Bertz CT molecular complexity index is 949. The highest BCUT2D eigenvalue weighted by Crippen LogP contribution is 2.34. The zero-order valence-electron chi connectivity index (χ0n) is 22.2. The molecule has 2 atom stereocenters. The number of ether oxygens (including phenoxy) is 1. The number of rotatable bonds is 9. The fraction of sp³-hybridized carbons (Fsp3) is 0.483. The highest BCUT2D eigenvalue weighted by Gasteiger charge is 2.27. The minimum absolute atomic E-state index is 0.105. The van der Waals surface area contributed by atoms with Crippen molar-refractivity contribution in [2.45, 2.75) is 38.8 Å². The molecule has 7 heteroatoms. The summed E-state index contributed by atoms with van der Waals surface area (Å²) in [4.78, 5) is 13.1. The SMILES string of the molecule is CC=O.CN1CC(c2cc(F)ccc2F)=C[C@H]1c1ccccc1.C[C@@H](NCOCCN(C)C)C1CC1. The topological polar surface area (TPSA) is 44.8 Å². The Kier molecular flexibility index (Phi) is 12.9. The Hall–Kier alpha value is -2.45. The zero-order chi connectivity index (χ0) is 26.5. The number of carbonyl (C=O) groups is 1. The quantitative estimate of drug-likeness (QED) is 0.293. The van der Waals surface area contributed by atoms with E-state index < -0.39 is 5.82 Å². The third kappa shape index (κ3) is 10.3. The summed E-state index contributed by atoms with van der Waals surface area (Å²) >= 11 is 0. The van der Waals surface area contributed by atoms with Gasteiger partial charge in [0.05, 0.1) is 19.4 Å². The van der Waals surface area contributed by atoms with Gasteiger partial charge in [-0.2, -0.15) is 0 Å². The molecule has 1 aliphatic carbocycles. The van der Waals surface area contributed by atoms with E-state index in [-0.39, 0.29) is 11.9 Å². The lowest BCUT2D eigenvalue weighted by atomic mass is 10.0. The summed E-state index contributed by atoms with van der Waals surface area (Å²) in [6, 6.07) is 14.4. The summed E-state index contributed by atoms with van der Waals surface area (Å²) in [7, 11) is 6.10. The monoisotopic (exact) mass is 501 g/mol. The van der Waals surface area contributed by atoms with Gasteiger partial charge in [0.1, 0.15) is 17.9 Å². The number of carbonyl (C=O) groups excluding carboxylic acids is 1. The molecule has 2 aromatic rings. The maximum absolute atomic E-state index is 13.9. The maximum atomic E-state index is 13.9. The van der Waals surface area contributed by atoms with E-state index in [2.05, 4.69) is 36.1 Å². The summed E-state index contributed by atoms with van der Waals surface area (Å²) in [6.07, 6.45) is 5.55. The number of hydrogen-bond donors (Lipinski definition) is 1. The van der Waals surface area contributed by atoms with E-state index in [0.717, 1.165) is 42.6 Å². The smallest absolute Gasteiger partial charge is 0.130 e. The molecule has 4 rings (SSSR count). The molecule has 198 valence electrons. The fourth-order valence-electron chi connectivity index (χ4n) is 3.93. The molecule has 5 nitrogen and oxygen atoms in total. The molecule has 36 heavy (non-hydrogen) atoms. The van der Waals surface area contributed by atoms with Crippen molar-refractivity contribution in [1.29, 1.82) is 0 Å². The van der Waals surface area contributed by atoms with E-state index >= 15 is 0 Å². The Labute approximate surface area is 215 Å². The van der Waals surface area contributed by atoms with Crippen LogP contribution in [0, 0.1) is 17.6 Å². The average molecular weight is 502 g/mol. The second-order valence-corrected chi connectivity index (χ2v) is 9.51. The lowest BCUT2D eigenvalue weighted by Gasteiger charge is -2.19. The molecular formula is C29H41F2N3O2. The second-order valence-electron chi connectivity index (χ2n) is 9.51. The van der Waals surface area contributed by atoms with Gasteiger partial charge in [-0.3, -0.25) is 10.2 Å². The van der Waals surface area contributed by atoms with Crippen LogP contribution in [0.15, 0.2) is 54.6 Å². The van der Waals surface area contributed by atoms with E-state index in [9.17, 15) is 8.78 Å². The largest absolute Gasteiger partial charge is 0.365 e. The van der Waals surface area contributed by atoms with Gasteiger partial charge in [0.25, 0.3) is 0 Å². The maximum Gasteiger partial charge on any atom is 0.130 e. The number of halogens is 2. The normalized spacial score (nSPS) is 18.0. The molecule has 0 amide bonds. The first-order valence-corrected chi connectivity index (χ1v) is 12.5. The molecular weight excluding hydrogens is 460 g/mol. The van der Waals surface area contributed by atoms with Crippen molar-refractivity contribution in [3.8, 4) is 0 Å². The standard InChI is InChI=1S/C17H15F2N.C10H22N2O.C2H4O/c1-20-11-13(15-10-14(18)7-8-16(15)19)9-17(20)12-5-3-2-4-6-12;1-9(10-4-5-10)11-8-13-7-6-12(2)3;1-2-3/h2-10,17H,11H2,1H3;9-11H,4-8H2,1-3H3;2H,1H3/t17-;9-;/m01./s1. The van der Waals surface area contributed by atoms with Crippen LogP contribution < -0.4 is 5.32 Å². The van der Waals surface area contributed by atoms with Gasteiger partial charge in [0, 0.05) is 24.7 Å². The van der Waals surface area contributed by atoms with Crippen molar-refractivity contribution in [1.82, 2.24) is 15.1 Å². The molecule has 0 bridgehead atoms. The van der Waals surface area contributed by atoms with E-state index in [1.54, 1.807) is 0 Å². The van der Waals surface area contributed by atoms with Gasteiger partial charge in [-0.1, -0.05) is 36.4 Å². The van der Waals surface area contributed by atoms with Crippen LogP contribution in [0.2, 0.25) is 0 Å². The number of hydrogen-bond acceptors (Lipinski definition) is 5. The van der Waals surface area contributed by atoms with Crippen LogP contribution in [0.5, 0.6) is 0 Å². The van der Waals surface area contributed by atoms with Gasteiger partial charge >= 0.3 is 0 Å². The number of likely N-dealkylation sites (N-methyl/N-ethyl adjacent to an activating group) is 2. The molecule has 1 aliphatic heterocycles. The number of benzene rings is 2. The Morgan fingerprint density at radius 1 is 1.17 bits per heavy atom. The number of aldehydes is 1. The number of nitrogens with zero attached hydrogens (tertiary/aromatic N) is 2. The van der Waals surface area contributed by atoms with Crippen LogP contribution in [-0.2, 0) is 9.53 Å². The Balaban J connectivity index is 0.000000247. The van der Waals surface area contributed by atoms with Crippen LogP contribution in [0.4, 0.5) is 8.78 Å². The van der Waals surface area contributed by atoms with Crippen LogP contribution >= 0.6 is 0 Å².